The zero-order chi connectivity index (χ0) is 17.8. The van der Waals surface area contributed by atoms with Crippen LogP contribution in [0.15, 0.2) is 83.8 Å². The van der Waals surface area contributed by atoms with Crippen LogP contribution in [0, 0.1) is 0 Å². The number of pyridine rings is 1. The van der Waals surface area contributed by atoms with Crippen molar-refractivity contribution in [1.82, 2.24) is 9.47 Å². The molecule has 2 aromatic carbocycles. The predicted molar refractivity (Wildman–Crippen MR) is 98.5 cm³/mol. The van der Waals surface area contributed by atoms with E-state index in [0.717, 1.165) is 11.1 Å². The van der Waals surface area contributed by atoms with E-state index in [0.29, 0.717) is 5.56 Å². The van der Waals surface area contributed by atoms with Crippen LogP contribution in [0.3, 0.4) is 0 Å². The van der Waals surface area contributed by atoms with E-state index in [-0.39, 0.29) is 17.5 Å². The van der Waals surface area contributed by atoms with E-state index in [4.69, 9.17) is 0 Å². The average molecular weight is 332 g/mol. The van der Waals surface area contributed by atoms with Gasteiger partial charge in [0.2, 0.25) is 0 Å². The van der Waals surface area contributed by atoms with Gasteiger partial charge >= 0.3 is 0 Å². The van der Waals surface area contributed by atoms with E-state index in [1.165, 1.54) is 10.6 Å². The van der Waals surface area contributed by atoms with E-state index >= 15 is 0 Å². The SMILES string of the molecule is CN(C(=O)c1ccn(C)c(=O)c1)C(c1ccccc1)c1ccccc1. The minimum atomic E-state index is -0.223. The fourth-order valence-corrected chi connectivity index (χ4v) is 2.91. The van der Waals surface area contributed by atoms with Crippen molar-refractivity contribution in [3.05, 3.63) is 106 Å². The second-order valence-corrected chi connectivity index (χ2v) is 6.00. The van der Waals surface area contributed by atoms with Crippen molar-refractivity contribution in [2.45, 2.75) is 6.04 Å². The first-order chi connectivity index (χ1) is 12.1. The van der Waals surface area contributed by atoms with Crippen LogP contribution in [0.2, 0.25) is 0 Å². The average Bonchev–Trinajstić information content (AvgIpc) is 2.65. The Kier molecular flexibility index (Phi) is 4.80. The molecule has 1 aromatic heterocycles. The summed E-state index contributed by atoms with van der Waals surface area (Å²) < 4.78 is 1.45. The molecule has 0 radical (unpaired) electrons. The Balaban J connectivity index is 2.02. The van der Waals surface area contributed by atoms with Gasteiger partial charge in [0.15, 0.2) is 0 Å². The monoisotopic (exact) mass is 332 g/mol. The van der Waals surface area contributed by atoms with E-state index in [2.05, 4.69) is 0 Å². The van der Waals surface area contributed by atoms with Gasteiger partial charge in [-0.2, -0.15) is 0 Å². The summed E-state index contributed by atoms with van der Waals surface area (Å²) in [4.78, 5) is 26.5. The van der Waals surface area contributed by atoms with Crippen LogP contribution in [0.5, 0.6) is 0 Å². The number of benzene rings is 2. The highest BCUT2D eigenvalue weighted by molar-refractivity contribution is 5.94. The second kappa shape index (κ2) is 7.18. The van der Waals surface area contributed by atoms with E-state index in [1.807, 2.05) is 60.7 Å². The molecule has 0 N–H and O–H groups in total. The zero-order valence-electron chi connectivity index (χ0n) is 14.3. The first-order valence-corrected chi connectivity index (χ1v) is 8.11. The minimum Gasteiger partial charge on any atom is -0.331 e. The lowest BCUT2D eigenvalue weighted by molar-refractivity contribution is 0.0755. The molecule has 0 atom stereocenters. The number of rotatable bonds is 4. The van der Waals surface area contributed by atoms with Gasteiger partial charge in [-0.25, -0.2) is 0 Å². The first-order valence-electron chi connectivity index (χ1n) is 8.11. The number of carbonyl (C=O) groups excluding carboxylic acids is 1. The van der Waals surface area contributed by atoms with Crippen molar-refractivity contribution in [2.24, 2.45) is 7.05 Å². The number of aromatic nitrogens is 1. The summed E-state index contributed by atoms with van der Waals surface area (Å²) >= 11 is 0. The number of carbonyl (C=O) groups is 1. The molecule has 3 aromatic rings. The highest BCUT2D eigenvalue weighted by atomic mass is 16.2. The summed E-state index contributed by atoms with van der Waals surface area (Å²) in [5, 5.41) is 0. The number of nitrogens with zero attached hydrogens (tertiary/aromatic N) is 2. The van der Waals surface area contributed by atoms with Gasteiger partial charge in [-0.15, -0.1) is 0 Å². The molecule has 3 rings (SSSR count). The summed E-state index contributed by atoms with van der Waals surface area (Å²) in [6, 6.07) is 22.6. The highest BCUT2D eigenvalue weighted by Gasteiger charge is 2.24. The van der Waals surface area contributed by atoms with Crippen LogP contribution < -0.4 is 5.56 Å². The molecule has 0 saturated carbocycles. The molecule has 4 nitrogen and oxygen atoms in total. The predicted octanol–water partition coefficient (Wildman–Crippen LogP) is 3.25. The molecule has 0 aliphatic rings. The Labute approximate surface area is 147 Å². The largest absolute Gasteiger partial charge is 0.331 e. The molecule has 0 saturated heterocycles. The van der Waals surface area contributed by atoms with E-state index in [9.17, 15) is 9.59 Å². The topological polar surface area (TPSA) is 42.3 Å². The number of hydrogen-bond acceptors (Lipinski definition) is 2. The van der Waals surface area contributed by atoms with Gasteiger partial charge in [0.05, 0.1) is 6.04 Å². The second-order valence-electron chi connectivity index (χ2n) is 6.00. The van der Waals surface area contributed by atoms with Crippen molar-refractivity contribution in [1.29, 1.82) is 0 Å². The Morgan fingerprint density at radius 1 is 0.920 bits per heavy atom. The van der Waals surface area contributed by atoms with Crippen LogP contribution in [-0.2, 0) is 7.05 Å². The lowest BCUT2D eigenvalue weighted by Gasteiger charge is -2.29. The van der Waals surface area contributed by atoms with Gasteiger partial charge in [0.25, 0.3) is 11.5 Å². The Hall–Kier alpha value is -3.14. The van der Waals surface area contributed by atoms with Crippen molar-refractivity contribution in [3.63, 3.8) is 0 Å². The smallest absolute Gasteiger partial charge is 0.254 e. The lowest BCUT2D eigenvalue weighted by Crippen LogP contribution is -2.33. The Bertz CT molecular complexity index is 878. The molecule has 0 aliphatic heterocycles. The summed E-state index contributed by atoms with van der Waals surface area (Å²) in [5.41, 5.74) is 2.24. The normalized spacial score (nSPS) is 10.7. The molecule has 0 unspecified atom stereocenters. The maximum atomic E-state index is 13.0. The highest BCUT2D eigenvalue weighted by Crippen LogP contribution is 2.28. The Morgan fingerprint density at radius 3 is 1.92 bits per heavy atom. The third-order valence-electron chi connectivity index (χ3n) is 4.29. The standard InChI is InChI=1S/C21H20N2O2/c1-22-14-13-18(15-19(22)24)21(25)23(2)20(16-9-5-3-6-10-16)17-11-7-4-8-12-17/h3-15,20H,1-2H3. The number of aryl methyl sites for hydroxylation is 1. The molecule has 1 amide bonds. The number of hydrogen-bond donors (Lipinski definition) is 0. The third-order valence-corrected chi connectivity index (χ3v) is 4.29. The van der Waals surface area contributed by atoms with Gasteiger partial charge in [0.1, 0.15) is 0 Å². The maximum absolute atomic E-state index is 13.0. The van der Waals surface area contributed by atoms with Crippen LogP contribution in [0.4, 0.5) is 0 Å². The quantitative estimate of drug-likeness (QED) is 0.736. The van der Waals surface area contributed by atoms with Crippen LogP contribution in [-0.4, -0.2) is 22.4 Å². The summed E-state index contributed by atoms with van der Waals surface area (Å²) in [7, 11) is 3.43. The van der Waals surface area contributed by atoms with Gasteiger partial charge in [-0.05, 0) is 17.2 Å². The van der Waals surface area contributed by atoms with Gasteiger partial charge < -0.3 is 9.47 Å². The summed E-state index contributed by atoms with van der Waals surface area (Å²) in [6.07, 6.45) is 1.61. The lowest BCUT2D eigenvalue weighted by atomic mass is 9.97. The molecule has 4 heteroatoms. The van der Waals surface area contributed by atoms with Crippen molar-refractivity contribution < 1.29 is 4.79 Å². The van der Waals surface area contributed by atoms with Crippen molar-refractivity contribution in [2.75, 3.05) is 7.05 Å². The molecule has 1 heterocycles. The molecular weight excluding hydrogens is 312 g/mol. The molecule has 0 bridgehead atoms. The number of amides is 1. The van der Waals surface area contributed by atoms with Crippen LogP contribution in [0.1, 0.15) is 27.5 Å². The third kappa shape index (κ3) is 3.53. The first kappa shape index (κ1) is 16.7. The zero-order valence-corrected chi connectivity index (χ0v) is 14.3. The van der Waals surface area contributed by atoms with Gasteiger partial charge in [0, 0.05) is 31.9 Å². The fraction of sp³-hybridized carbons (Fsp3) is 0.143. The molecule has 0 aliphatic carbocycles. The summed E-state index contributed by atoms with van der Waals surface area (Å²) in [5.74, 6) is -0.185. The molecule has 25 heavy (non-hydrogen) atoms. The van der Waals surface area contributed by atoms with Gasteiger partial charge in [-0.1, -0.05) is 60.7 Å². The Morgan fingerprint density at radius 2 is 1.44 bits per heavy atom. The van der Waals surface area contributed by atoms with Crippen molar-refractivity contribution >= 4 is 5.91 Å². The van der Waals surface area contributed by atoms with Gasteiger partial charge in [-0.3, -0.25) is 9.59 Å². The molecular formula is C21H20N2O2. The molecule has 126 valence electrons. The molecule has 0 spiro atoms. The van der Waals surface area contributed by atoms with E-state index < -0.39 is 0 Å². The van der Waals surface area contributed by atoms with E-state index in [1.54, 1.807) is 31.3 Å². The minimum absolute atomic E-state index is 0.185. The molecule has 0 fully saturated rings. The van der Waals surface area contributed by atoms with Crippen LogP contribution in [0.25, 0.3) is 0 Å². The maximum Gasteiger partial charge on any atom is 0.254 e. The fourth-order valence-electron chi connectivity index (χ4n) is 2.91. The van der Waals surface area contributed by atoms with Crippen molar-refractivity contribution in [3.8, 4) is 0 Å². The van der Waals surface area contributed by atoms with Crippen LogP contribution >= 0.6 is 0 Å². The summed E-state index contributed by atoms with van der Waals surface area (Å²) in [6.45, 7) is 0.